The minimum Gasteiger partial charge on any atom is -0.388 e. The first-order chi connectivity index (χ1) is 12.2. The Hall–Kier alpha value is -1.90. The summed E-state index contributed by atoms with van der Waals surface area (Å²) in [5.41, 5.74) is 4.01. The van der Waals surface area contributed by atoms with Gasteiger partial charge in [-0.05, 0) is 47.9 Å². The zero-order chi connectivity index (χ0) is 17.6. The van der Waals surface area contributed by atoms with Crippen LogP contribution in [0, 0.1) is 0 Å². The monoisotopic (exact) mass is 353 g/mol. The van der Waals surface area contributed by atoms with Crippen LogP contribution >= 0.6 is 11.6 Å². The number of hydrogen-bond donors (Lipinski definition) is 1. The standard InChI is InChI=1S/C22H24ClNO/c1-2-3-4-5-8-21(25)18-14-17-7-6-13-24-22(17)20(15-18)16-9-11-19(23)12-10-16/h6-7,9-15,21,25H,2-5,8H2,1H3. The maximum Gasteiger partial charge on any atom is 0.0790 e. The van der Waals surface area contributed by atoms with E-state index >= 15 is 0 Å². The summed E-state index contributed by atoms with van der Waals surface area (Å²) in [7, 11) is 0. The van der Waals surface area contributed by atoms with Crippen LogP contribution in [0.25, 0.3) is 22.0 Å². The Morgan fingerprint density at radius 1 is 1.04 bits per heavy atom. The first-order valence-corrected chi connectivity index (χ1v) is 9.39. The fourth-order valence-corrected chi connectivity index (χ4v) is 3.31. The number of pyridine rings is 1. The number of halogens is 1. The molecule has 0 amide bonds. The van der Waals surface area contributed by atoms with E-state index < -0.39 is 6.10 Å². The maximum absolute atomic E-state index is 10.7. The number of nitrogens with zero attached hydrogens (tertiary/aromatic N) is 1. The second-order valence-corrected chi connectivity index (χ2v) is 6.95. The lowest BCUT2D eigenvalue weighted by Gasteiger charge is -2.15. The number of hydrogen-bond acceptors (Lipinski definition) is 2. The molecule has 2 aromatic carbocycles. The third kappa shape index (κ3) is 4.39. The van der Waals surface area contributed by atoms with Gasteiger partial charge in [0.1, 0.15) is 0 Å². The molecule has 130 valence electrons. The lowest BCUT2D eigenvalue weighted by atomic mass is 9.95. The summed E-state index contributed by atoms with van der Waals surface area (Å²) in [5, 5.41) is 12.4. The Kier molecular flexibility index (Phi) is 6.06. The molecule has 0 aliphatic rings. The van der Waals surface area contributed by atoms with E-state index in [0.29, 0.717) is 5.02 Å². The van der Waals surface area contributed by atoms with Crippen molar-refractivity contribution in [3.63, 3.8) is 0 Å². The first-order valence-electron chi connectivity index (χ1n) is 9.01. The highest BCUT2D eigenvalue weighted by Gasteiger charge is 2.13. The molecule has 0 fully saturated rings. The van der Waals surface area contributed by atoms with Gasteiger partial charge in [-0.25, -0.2) is 0 Å². The summed E-state index contributed by atoms with van der Waals surface area (Å²) in [6.45, 7) is 2.20. The normalized spacial score (nSPS) is 12.4. The van der Waals surface area contributed by atoms with Crippen LogP contribution in [0.2, 0.25) is 5.02 Å². The molecule has 3 rings (SSSR count). The van der Waals surface area contributed by atoms with Gasteiger partial charge in [0.2, 0.25) is 0 Å². The SMILES string of the molecule is CCCCCCC(O)c1cc(-c2ccc(Cl)cc2)c2ncccc2c1. The molecule has 0 spiro atoms. The molecule has 1 heterocycles. The van der Waals surface area contributed by atoms with E-state index in [-0.39, 0.29) is 0 Å². The second-order valence-electron chi connectivity index (χ2n) is 6.52. The molecule has 1 atom stereocenters. The van der Waals surface area contributed by atoms with Crippen LogP contribution in [0.4, 0.5) is 0 Å². The summed E-state index contributed by atoms with van der Waals surface area (Å²) in [5.74, 6) is 0. The molecule has 0 saturated heterocycles. The molecular weight excluding hydrogens is 330 g/mol. The number of rotatable bonds is 7. The summed E-state index contributed by atoms with van der Waals surface area (Å²) < 4.78 is 0. The van der Waals surface area contributed by atoms with E-state index in [4.69, 9.17) is 11.6 Å². The topological polar surface area (TPSA) is 33.1 Å². The van der Waals surface area contributed by atoms with Crippen molar-refractivity contribution >= 4 is 22.5 Å². The number of fused-ring (bicyclic) bond motifs is 1. The van der Waals surface area contributed by atoms with Crippen LogP contribution in [0.15, 0.2) is 54.7 Å². The van der Waals surface area contributed by atoms with Gasteiger partial charge in [-0.15, -0.1) is 0 Å². The fourth-order valence-electron chi connectivity index (χ4n) is 3.19. The maximum atomic E-state index is 10.7. The average molecular weight is 354 g/mol. The van der Waals surface area contributed by atoms with Crippen molar-refractivity contribution in [2.45, 2.75) is 45.1 Å². The Bertz CT molecular complexity index is 829. The lowest BCUT2D eigenvalue weighted by Crippen LogP contribution is -1.99. The number of aromatic nitrogens is 1. The van der Waals surface area contributed by atoms with Gasteiger partial charge in [0.25, 0.3) is 0 Å². The molecule has 0 radical (unpaired) electrons. The van der Waals surface area contributed by atoms with Crippen LogP contribution in [0.5, 0.6) is 0 Å². The average Bonchev–Trinajstić information content (AvgIpc) is 2.65. The van der Waals surface area contributed by atoms with Gasteiger partial charge in [0, 0.05) is 22.2 Å². The molecule has 0 saturated carbocycles. The lowest BCUT2D eigenvalue weighted by molar-refractivity contribution is 0.163. The van der Waals surface area contributed by atoms with Crippen molar-refractivity contribution in [2.24, 2.45) is 0 Å². The quantitative estimate of drug-likeness (QED) is 0.488. The Labute approximate surface area is 154 Å². The summed E-state index contributed by atoms with van der Waals surface area (Å²) in [6.07, 6.45) is 6.83. The molecule has 3 aromatic rings. The van der Waals surface area contributed by atoms with Crippen molar-refractivity contribution in [3.05, 3.63) is 65.3 Å². The molecule has 2 nitrogen and oxygen atoms in total. The molecule has 0 aliphatic carbocycles. The minimum atomic E-state index is -0.437. The van der Waals surface area contributed by atoms with E-state index in [9.17, 15) is 5.11 Å². The van der Waals surface area contributed by atoms with Gasteiger partial charge < -0.3 is 5.11 Å². The van der Waals surface area contributed by atoms with Crippen molar-refractivity contribution in [3.8, 4) is 11.1 Å². The van der Waals surface area contributed by atoms with E-state index in [1.165, 1.54) is 19.3 Å². The molecular formula is C22H24ClNO. The van der Waals surface area contributed by atoms with E-state index in [1.807, 2.05) is 36.5 Å². The molecule has 1 unspecified atom stereocenters. The second kappa shape index (κ2) is 8.46. The molecule has 3 heteroatoms. The zero-order valence-electron chi connectivity index (χ0n) is 14.6. The van der Waals surface area contributed by atoms with Crippen molar-refractivity contribution in [2.75, 3.05) is 0 Å². The van der Waals surface area contributed by atoms with Crippen LogP contribution in [-0.2, 0) is 0 Å². The predicted octanol–water partition coefficient (Wildman–Crippen LogP) is 6.56. The van der Waals surface area contributed by atoms with Gasteiger partial charge in [0.05, 0.1) is 11.6 Å². The van der Waals surface area contributed by atoms with Crippen LogP contribution in [0.3, 0.4) is 0 Å². The number of aliphatic hydroxyl groups excluding tert-OH is 1. The molecule has 1 aromatic heterocycles. The molecule has 25 heavy (non-hydrogen) atoms. The van der Waals surface area contributed by atoms with E-state index in [0.717, 1.165) is 40.4 Å². The van der Waals surface area contributed by atoms with Crippen molar-refractivity contribution in [1.29, 1.82) is 0 Å². The minimum absolute atomic E-state index is 0.437. The van der Waals surface area contributed by atoms with Crippen LogP contribution in [0.1, 0.15) is 50.7 Å². The van der Waals surface area contributed by atoms with Gasteiger partial charge in [-0.2, -0.15) is 0 Å². The number of aliphatic hydroxyl groups is 1. The van der Waals surface area contributed by atoms with E-state index in [1.54, 1.807) is 0 Å². The summed E-state index contributed by atoms with van der Waals surface area (Å²) in [6, 6.07) is 15.9. The van der Waals surface area contributed by atoms with Gasteiger partial charge in [-0.3, -0.25) is 4.98 Å². The molecule has 0 bridgehead atoms. The van der Waals surface area contributed by atoms with Gasteiger partial charge in [-0.1, -0.05) is 62.4 Å². The Morgan fingerprint density at radius 3 is 2.60 bits per heavy atom. The van der Waals surface area contributed by atoms with E-state index in [2.05, 4.69) is 30.1 Å². The number of unbranched alkanes of at least 4 members (excludes halogenated alkanes) is 3. The predicted molar refractivity (Wildman–Crippen MR) is 106 cm³/mol. The summed E-state index contributed by atoms with van der Waals surface area (Å²) >= 11 is 6.03. The smallest absolute Gasteiger partial charge is 0.0790 e. The zero-order valence-corrected chi connectivity index (χ0v) is 15.3. The van der Waals surface area contributed by atoms with Gasteiger partial charge in [0.15, 0.2) is 0 Å². The fraction of sp³-hybridized carbons (Fsp3) is 0.318. The van der Waals surface area contributed by atoms with Crippen molar-refractivity contribution in [1.82, 2.24) is 4.98 Å². The largest absolute Gasteiger partial charge is 0.388 e. The Morgan fingerprint density at radius 2 is 1.84 bits per heavy atom. The van der Waals surface area contributed by atoms with Crippen molar-refractivity contribution < 1.29 is 5.11 Å². The third-order valence-corrected chi connectivity index (χ3v) is 4.85. The van der Waals surface area contributed by atoms with Crippen LogP contribution in [-0.4, -0.2) is 10.1 Å². The highest BCUT2D eigenvalue weighted by atomic mass is 35.5. The highest BCUT2D eigenvalue weighted by Crippen LogP contribution is 2.32. The molecule has 1 N–H and O–H groups in total. The highest BCUT2D eigenvalue weighted by molar-refractivity contribution is 6.30. The third-order valence-electron chi connectivity index (χ3n) is 4.60. The summed E-state index contributed by atoms with van der Waals surface area (Å²) in [4.78, 5) is 4.55. The van der Waals surface area contributed by atoms with Crippen LogP contribution < -0.4 is 0 Å². The first kappa shape index (κ1) is 17.9. The molecule has 0 aliphatic heterocycles. The number of benzene rings is 2. The Balaban J connectivity index is 1.96. The van der Waals surface area contributed by atoms with Gasteiger partial charge >= 0.3 is 0 Å².